The van der Waals surface area contributed by atoms with Gasteiger partial charge in [0.2, 0.25) is 11.1 Å². The van der Waals surface area contributed by atoms with Gasteiger partial charge in [0.1, 0.15) is 15.4 Å². The van der Waals surface area contributed by atoms with Crippen LogP contribution in [0.4, 0.5) is 24.0 Å². The van der Waals surface area contributed by atoms with Gasteiger partial charge >= 0.3 is 0 Å². The predicted molar refractivity (Wildman–Crippen MR) is 163 cm³/mol. The number of hydrogen-bond donors (Lipinski definition) is 1. The number of benzene rings is 4. The maximum absolute atomic E-state index is 14.4. The van der Waals surface area contributed by atoms with Crippen LogP contribution in [-0.2, 0) is 0 Å². The number of anilines is 1. The number of halogens is 3. The number of thioether (sulfide) groups is 1. The Bertz CT molecular complexity index is 1790. The minimum atomic E-state index is -1.53. The maximum Gasteiger partial charge on any atom is 0.235 e. The van der Waals surface area contributed by atoms with E-state index in [1.807, 2.05) is 92.7 Å². The third kappa shape index (κ3) is 5.79. The first-order valence-electron chi connectivity index (χ1n) is 12.9. The Kier molecular flexibility index (Phi) is 7.77. The van der Waals surface area contributed by atoms with Gasteiger partial charge in [0, 0.05) is 16.8 Å². The van der Waals surface area contributed by atoms with Gasteiger partial charge in [-0.3, -0.25) is 0 Å². The molecule has 6 nitrogen and oxygen atoms in total. The highest BCUT2D eigenvalue weighted by Crippen LogP contribution is 2.43. The average molecular weight is 601 g/mol. The first-order valence-corrected chi connectivity index (χ1v) is 14.6. The fraction of sp³-hybridized carbons (Fsp3) is 0.0968. The lowest BCUT2D eigenvalue weighted by atomic mass is 10.1. The normalized spacial score (nSPS) is 15.2. The van der Waals surface area contributed by atoms with E-state index in [0.717, 1.165) is 40.1 Å². The molecule has 0 bridgehead atoms. The van der Waals surface area contributed by atoms with E-state index in [0.29, 0.717) is 15.2 Å². The molecule has 0 saturated carbocycles. The third-order valence-corrected chi connectivity index (χ3v) is 8.67. The van der Waals surface area contributed by atoms with Crippen LogP contribution in [0.25, 0.3) is 10.6 Å². The highest BCUT2D eigenvalue weighted by Gasteiger charge is 2.35. The van der Waals surface area contributed by atoms with Crippen molar-refractivity contribution in [3.63, 3.8) is 0 Å². The van der Waals surface area contributed by atoms with Crippen LogP contribution < -0.4 is 5.32 Å². The summed E-state index contributed by atoms with van der Waals surface area (Å²) >= 11 is 2.56. The number of aromatic nitrogens is 2. The lowest BCUT2D eigenvalue weighted by Gasteiger charge is -2.25. The van der Waals surface area contributed by atoms with E-state index in [9.17, 15) is 13.2 Å². The van der Waals surface area contributed by atoms with Crippen molar-refractivity contribution in [1.82, 2.24) is 15.2 Å². The first kappa shape index (κ1) is 27.7. The molecule has 0 amide bonds. The molecule has 1 N–H and O–H groups in total. The molecule has 0 radical (unpaired) electrons. The van der Waals surface area contributed by atoms with Crippen molar-refractivity contribution in [1.29, 1.82) is 0 Å². The van der Waals surface area contributed by atoms with Crippen molar-refractivity contribution in [2.24, 2.45) is 10.1 Å². The molecule has 0 aliphatic carbocycles. The molecule has 6 rings (SSSR count). The second kappa shape index (κ2) is 11.8. The van der Waals surface area contributed by atoms with Crippen LogP contribution in [0, 0.1) is 31.3 Å². The number of nitrogens with zero attached hydrogens (tertiary/aromatic N) is 5. The number of rotatable bonds is 5. The second-order valence-electron chi connectivity index (χ2n) is 9.50. The Morgan fingerprint density at radius 3 is 2.14 bits per heavy atom. The van der Waals surface area contributed by atoms with Gasteiger partial charge in [-0.2, -0.15) is 10.1 Å². The molecule has 5 aromatic rings. The maximum atomic E-state index is 14.4. The smallest absolute Gasteiger partial charge is 0.235 e. The van der Waals surface area contributed by atoms with E-state index in [1.165, 1.54) is 28.1 Å². The summed E-state index contributed by atoms with van der Waals surface area (Å²) in [6, 6.07) is 26.9. The minimum Gasteiger partial charge on any atom is -0.324 e. The van der Waals surface area contributed by atoms with E-state index in [4.69, 9.17) is 10.1 Å². The molecule has 1 aliphatic rings. The largest absolute Gasteiger partial charge is 0.324 e. The quantitative estimate of drug-likeness (QED) is 0.125. The summed E-state index contributed by atoms with van der Waals surface area (Å²) in [6.45, 7) is 4.01. The Morgan fingerprint density at radius 2 is 1.48 bits per heavy atom. The van der Waals surface area contributed by atoms with Crippen LogP contribution >= 0.6 is 23.1 Å². The highest BCUT2D eigenvalue weighted by atomic mass is 32.2. The van der Waals surface area contributed by atoms with Crippen molar-refractivity contribution in [2.75, 3.05) is 5.32 Å². The molecule has 1 aliphatic heterocycles. The van der Waals surface area contributed by atoms with Gasteiger partial charge in [-0.15, -0.1) is 10.2 Å². The fourth-order valence-electron chi connectivity index (χ4n) is 4.25. The zero-order valence-electron chi connectivity index (χ0n) is 22.4. The summed E-state index contributed by atoms with van der Waals surface area (Å²) in [5.74, 6) is -3.84. The van der Waals surface area contributed by atoms with Gasteiger partial charge in [0.15, 0.2) is 17.5 Å². The monoisotopic (exact) mass is 600 g/mol. The molecule has 1 atom stereocenters. The molecule has 0 saturated heterocycles. The van der Waals surface area contributed by atoms with Crippen molar-refractivity contribution < 1.29 is 13.2 Å². The van der Waals surface area contributed by atoms with Gasteiger partial charge < -0.3 is 5.32 Å². The summed E-state index contributed by atoms with van der Waals surface area (Å²) < 4.78 is 42.8. The van der Waals surface area contributed by atoms with Crippen LogP contribution in [0.2, 0.25) is 0 Å². The number of aliphatic imine (C=N–C) groups is 1. The standard InChI is InChI=1S/C31H23F3N6S2/c1-18-13-14-23(15-19(18)2)35-30(36-31-38-37-27(42-31)20-9-5-3-6-10-20)40-29(22-16-24(32)26(34)25(33)17-22)41-28(39-40)21-11-7-4-8-12-21/h3-17,29H,1-2H3,(H,35,36,38). The van der Waals surface area contributed by atoms with Gasteiger partial charge in [-0.25, -0.2) is 18.2 Å². The number of aryl methyl sites for hydroxylation is 2. The topological polar surface area (TPSA) is 65.8 Å². The van der Waals surface area contributed by atoms with Crippen molar-refractivity contribution in [2.45, 2.75) is 19.2 Å². The van der Waals surface area contributed by atoms with E-state index in [2.05, 4.69) is 15.5 Å². The number of guanidine groups is 1. The molecule has 0 fully saturated rings. The first-order chi connectivity index (χ1) is 20.4. The minimum absolute atomic E-state index is 0.183. The molecule has 0 spiro atoms. The van der Waals surface area contributed by atoms with Gasteiger partial charge in [0.25, 0.3) is 0 Å². The summed E-state index contributed by atoms with van der Waals surface area (Å²) in [5.41, 5.74) is 4.80. The molecule has 4 aromatic carbocycles. The van der Waals surface area contributed by atoms with Gasteiger partial charge in [-0.05, 0) is 54.8 Å². The Balaban J connectivity index is 1.47. The van der Waals surface area contributed by atoms with Gasteiger partial charge in [0.05, 0.1) is 0 Å². The van der Waals surface area contributed by atoms with Crippen LogP contribution in [-0.4, -0.2) is 26.2 Å². The number of hydrogen-bond acceptors (Lipinski definition) is 6. The molecule has 1 aromatic heterocycles. The molecule has 2 heterocycles. The Morgan fingerprint density at radius 1 is 0.810 bits per heavy atom. The molecule has 210 valence electrons. The molecule has 11 heteroatoms. The average Bonchev–Trinajstić information content (AvgIpc) is 3.66. The summed E-state index contributed by atoms with van der Waals surface area (Å²) in [5, 5.41) is 19.2. The molecular weight excluding hydrogens is 578 g/mol. The lowest BCUT2D eigenvalue weighted by Crippen LogP contribution is -2.32. The van der Waals surface area contributed by atoms with Gasteiger partial charge in [-0.1, -0.05) is 89.8 Å². The highest BCUT2D eigenvalue weighted by molar-refractivity contribution is 8.14. The zero-order chi connectivity index (χ0) is 29.2. The van der Waals surface area contributed by atoms with E-state index in [-0.39, 0.29) is 11.5 Å². The van der Waals surface area contributed by atoms with Crippen LogP contribution in [0.3, 0.4) is 0 Å². The van der Waals surface area contributed by atoms with Crippen molar-refractivity contribution in [3.8, 4) is 10.6 Å². The SMILES string of the molecule is Cc1ccc(N/C(=N\c2nnc(-c3ccccc3)s2)N2N=C(c3ccccc3)SC2c2cc(F)c(F)c(F)c2)cc1C. The Hall–Kier alpha value is -4.48. The van der Waals surface area contributed by atoms with E-state index in [1.54, 1.807) is 0 Å². The Labute approximate surface area is 248 Å². The zero-order valence-corrected chi connectivity index (χ0v) is 24.1. The van der Waals surface area contributed by atoms with Crippen molar-refractivity contribution >= 4 is 44.9 Å². The van der Waals surface area contributed by atoms with Crippen LogP contribution in [0.1, 0.15) is 27.6 Å². The molecule has 42 heavy (non-hydrogen) atoms. The molecular formula is C31H23F3N6S2. The second-order valence-corrected chi connectivity index (χ2v) is 11.5. The van der Waals surface area contributed by atoms with E-state index >= 15 is 0 Å². The number of hydrazone groups is 1. The fourth-order valence-corrected chi connectivity index (χ4v) is 6.11. The van der Waals surface area contributed by atoms with Crippen molar-refractivity contribution in [3.05, 3.63) is 131 Å². The number of nitrogens with one attached hydrogen (secondary N) is 1. The molecule has 1 unspecified atom stereocenters. The predicted octanol–water partition coefficient (Wildman–Crippen LogP) is 8.45. The third-order valence-electron chi connectivity index (χ3n) is 6.57. The van der Waals surface area contributed by atoms with E-state index < -0.39 is 22.8 Å². The van der Waals surface area contributed by atoms with Crippen LogP contribution in [0.15, 0.2) is 101 Å². The van der Waals surface area contributed by atoms with Crippen LogP contribution in [0.5, 0.6) is 0 Å². The lowest BCUT2D eigenvalue weighted by molar-refractivity contribution is 0.420. The summed E-state index contributed by atoms with van der Waals surface area (Å²) in [6.07, 6.45) is 0. The summed E-state index contributed by atoms with van der Waals surface area (Å²) in [7, 11) is 0. The summed E-state index contributed by atoms with van der Waals surface area (Å²) in [4.78, 5) is 4.79.